The topological polar surface area (TPSA) is 102 Å². The number of nitrogens with zero attached hydrogens (tertiary/aromatic N) is 2. The van der Waals surface area contributed by atoms with Crippen molar-refractivity contribution in [3.05, 3.63) is 34.9 Å². The summed E-state index contributed by atoms with van der Waals surface area (Å²) in [5, 5.41) is 15.5. The van der Waals surface area contributed by atoms with Crippen molar-refractivity contribution in [1.82, 2.24) is 20.4 Å². The second-order valence-electron chi connectivity index (χ2n) is 8.51. The molecule has 8 heteroatoms. The fourth-order valence-electron chi connectivity index (χ4n) is 5.47. The summed E-state index contributed by atoms with van der Waals surface area (Å²) in [6, 6.07) is 6.06. The summed E-state index contributed by atoms with van der Waals surface area (Å²) in [6.07, 6.45) is 2.82. The minimum absolute atomic E-state index is 0.0899. The largest absolute Gasteiger partial charge is 0.395 e. The van der Waals surface area contributed by atoms with Gasteiger partial charge in [-0.1, -0.05) is 12.1 Å². The number of fused-ring (bicyclic) bond motifs is 3. The maximum atomic E-state index is 13.0. The van der Waals surface area contributed by atoms with E-state index in [9.17, 15) is 19.5 Å². The van der Waals surface area contributed by atoms with Gasteiger partial charge in [-0.2, -0.15) is 0 Å². The Morgan fingerprint density at radius 1 is 1.14 bits per heavy atom. The van der Waals surface area contributed by atoms with Crippen molar-refractivity contribution in [2.45, 2.75) is 62.9 Å². The van der Waals surface area contributed by atoms with E-state index in [2.05, 4.69) is 21.6 Å². The van der Waals surface area contributed by atoms with Crippen molar-refractivity contribution < 1.29 is 19.5 Å². The Balaban J connectivity index is 1.39. The first kappa shape index (κ1) is 18.7. The van der Waals surface area contributed by atoms with Gasteiger partial charge in [-0.05, 0) is 36.5 Å². The normalized spacial score (nSPS) is 31.9. The van der Waals surface area contributed by atoms with Crippen LogP contribution in [0.1, 0.15) is 47.2 Å². The number of carbonyl (C=O) groups is 3. The van der Waals surface area contributed by atoms with E-state index in [-0.39, 0.29) is 36.8 Å². The molecule has 4 aliphatic heterocycles. The number of rotatable bonds is 4. The van der Waals surface area contributed by atoms with Gasteiger partial charge in [0.15, 0.2) is 0 Å². The molecule has 4 heterocycles. The van der Waals surface area contributed by atoms with Crippen LogP contribution < -0.4 is 10.6 Å². The van der Waals surface area contributed by atoms with Crippen molar-refractivity contribution in [2.24, 2.45) is 0 Å². The van der Waals surface area contributed by atoms with E-state index in [1.807, 2.05) is 12.1 Å². The highest BCUT2D eigenvalue weighted by atomic mass is 16.3. The zero-order valence-electron chi connectivity index (χ0n) is 16.3. The molecule has 154 valence electrons. The molecule has 0 aliphatic carbocycles. The highest BCUT2D eigenvalue weighted by Gasteiger charge is 2.43. The number of piperidine rings is 1. The van der Waals surface area contributed by atoms with Gasteiger partial charge >= 0.3 is 0 Å². The summed E-state index contributed by atoms with van der Waals surface area (Å²) in [7, 11) is 0. The molecule has 0 saturated carbocycles. The van der Waals surface area contributed by atoms with Crippen LogP contribution >= 0.6 is 0 Å². The molecule has 1 aromatic carbocycles. The Morgan fingerprint density at radius 2 is 2.00 bits per heavy atom. The molecule has 1 unspecified atom stereocenters. The third-order valence-corrected chi connectivity index (χ3v) is 7.00. The first-order chi connectivity index (χ1) is 14.1. The van der Waals surface area contributed by atoms with Crippen molar-refractivity contribution in [1.29, 1.82) is 0 Å². The van der Waals surface area contributed by atoms with Crippen LogP contribution in [0.5, 0.6) is 0 Å². The van der Waals surface area contributed by atoms with Crippen LogP contribution in [0, 0.1) is 0 Å². The summed E-state index contributed by atoms with van der Waals surface area (Å²) >= 11 is 0. The quantitative estimate of drug-likeness (QED) is 0.605. The summed E-state index contributed by atoms with van der Waals surface area (Å²) < 4.78 is 0. The lowest BCUT2D eigenvalue weighted by atomic mass is 10.00. The van der Waals surface area contributed by atoms with Gasteiger partial charge in [-0.25, -0.2) is 0 Å². The number of nitrogens with one attached hydrogen (secondary N) is 2. The number of amides is 3. The Hall–Kier alpha value is -2.29. The highest BCUT2D eigenvalue weighted by molar-refractivity contribution is 6.05. The average molecular weight is 398 g/mol. The fraction of sp³-hybridized carbons (Fsp3) is 0.571. The molecule has 29 heavy (non-hydrogen) atoms. The minimum atomic E-state index is -0.588. The average Bonchev–Trinajstić information content (AvgIpc) is 3.17. The third kappa shape index (κ3) is 3.06. The Bertz CT molecular complexity index is 872. The lowest BCUT2D eigenvalue weighted by Gasteiger charge is -2.40. The second-order valence-corrected chi connectivity index (χ2v) is 8.51. The molecule has 4 atom stereocenters. The van der Waals surface area contributed by atoms with E-state index in [4.69, 9.17) is 0 Å². The van der Waals surface area contributed by atoms with E-state index in [1.54, 1.807) is 4.90 Å². The molecule has 0 spiro atoms. The van der Waals surface area contributed by atoms with Crippen LogP contribution in [-0.2, 0) is 22.7 Å². The SMILES string of the molecule is O=C1CCC(N2Cc3c(CN4[C@H]5CC[C@@H]4[C@@H](CO)NC5)cccc3C2=O)C(=O)N1. The van der Waals surface area contributed by atoms with E-state index in [1.165, 1.54) is 0 Å². The zero-order valence-corrected chi connectivity index (χ0v) is 16.3. The van der Waals surface area contributed by atoms with Crippen LogP contribution in [0.25, 0.3) is 0 Å². The zero-order chi connectivity index (χ0) is 20.1. The van der Waals surface area contributed by atoms with Crippen molar-refractivity contribution >= 4 is 17.7 Å². The summed E-state index contributed by atoms with van der Waals surface area (Å²) in [6.45, 7) is 2.15. The van der Waals surface area contributed by atoms with Gasteiger partial charge in [0.2, 0.25) is 11.8 Å². The Morgan fingerprint density at radius 3 is 2.79 bits per heavy atom. The van der Waals surface area contributed by atoms with Gasteiger partial charge < -0.3 is 15.3 Å². The number of piperazine rings is 1. The van der Waals surface area contributed by atoms with Gasteiger partial charge in [0.25, 0.3) is 5.91 Å². The maximum Gasteiger partial charge on any atom is 0.255 e. The maximum absolute atomic E-state index is 13.0. The first-order valence-corrected chi connectivity index (χ1v) is 10.4. The summed E-state index contributed by atoms with van der Waals surface area (Å²) in [4.78, 5) is 40.8. The van der Waals surface area contributed by atoms with E-state index in [0.717, 1.165) is 37.1 Å². The predicted molar refractivity (Wildman–Crippen MR) is 104 cm³/mol. The number of aliphatic hydroxyl groups is 1. The standard InChI is InChI=1S/C21H26N4O4/c26-11-16-17-5-4-13(8-22-16)24(17)9-12-2-1-3-14-15(12)10-25(21(14)29)18-6-7-19(27)23-20(18)28/h1-3,13,16-18,22,26H,4-11H2,(H,23,27,28)/t13-,16+,17+,18?/m0/s1. The van der Waals surface area contributed by atoms with Crippen LogP contribution in [0.2, 0.25) is 0 Å². The monoisotopic (exact) mass is 398 g/mol. The number of hydrogen-bond acceptors (Lipinski definition) is 6. The highest BCUT2D eigenvalue weighted by Crippen LogP contribution is 2.35. The second kappa shape index (κ2) is 7.19. The van der Waals surface area contributed by atoms with Crippen LogP contribution in [0.3, 0.4) is 0 Å². The predicted octanol–water partition coefficient (Wildman–Crippen LogP) is -0.255. The number of hydrogen-bond donors (Lipinski definition) is 3. The minimum Gasteiger partial charge on any atom is -0.395 e. The lowest BCUT2D eigenvalue weighted by molar-refractivity contribution is -0.136. The van der Waals surface area contributed by atoms with Gasteiger partial charge in [-0.3, -0.25) is 24.6 Å². The van der Waals surface area contributed by atoms with E-state index in [0.29, 0.717) is 30.6 Å². The van der Waals surface area contributed by atoms with Gasteiger partial charge in [0.1, 0.15) is 6.04 Å². The molecule has 3 fully saturated rings. The number of imide groups is 1. The van der Waals surface area contributed by atoms with Crippen molar-refractivity contribution in [3.8, 4) is 0 Å². The van der Waals surface area contributed by atoms with Crippen LogP contribution in [0.4, 0.5) is 0 Å². The molecule has 3 amide bonds. The molecule has 3 saturated heterocycles. The molecular formula is C21H26N4O4. The molecule has 8 nitrogen and oxygen atoms in total. The number of carbonyl (C=O) groups excluding carboxylic acids is 3. The van der Waals surface area contributed by atoms with E-state index < -0.39 is 6.04 Å². The van der Waals surface area contributed by atoms with Crippen LogP contribution in [-0.4, -0.2) is 69.9 Å². The fourth-order valence-corrected chi connectivity index (χ4v) is 5.47. The number of benzene rings is 1. The molecule has 5 rings (SSSR count). The van der Waals surface area contributed by atoms with Gasteiger partial charge in [0.05, 0.1) is 6.61 Å². The number of aliphatic hydroxyl groups excluding tert-OH is 1. The summed E-state index contributed by atoms with van der Waals surface area (Å²) in [5.74, 6) is -0.786. The van der Waals surface area contributed by atoms with Gasteiger partial charge in [0, 0.05) is 49.7 Å². The molecule has 1 aromatic rings. The Labute approximate surface area is 169 Å². The lowest BCUT2D eigenvalue weighted by Crippen LogP contribution is -2.58. The molecular weight excluding hydrogens is 372 g/mol. The van der Waals surface area contributed by atoms with Crippen molar-refractivity contribution in [2.75, 3.05) is 13.2 Å². The van der Waals surface area contributed by atoms with E-state index >= 15 is 0 Å². The molecule has 0 radical (unpaired) electrons. The van der Waals surface area contributed by atoms with Crippen molar-refractivity contribution in [3.63, 3.8) is 0 Å². The molecule has 3 N–H and O–H groups in total. The third-order valence-electron chi connectivity index (χ3n) is 7.00. The van der Waals surface area contributed by atoms with Crippen LogP contribution in [0.15, 0.2) is 18.2 Å². The molecule has 2 bridgehead atoms. The summed E-state index contributed by atoms with van der Waals surface area (Å²) in [5.41, 5.74) is 2.76. The first-order valence-electron chi connectivity index (χ1n) is 10.4. The smallest absolute Gasteiger partial charge is 0.255 e. The Kier molecular flexibility index (Phi) is 4.64. The molecule has 4 aliphatic rings. The van der Waals surface area contributed by atoms with Gasteiger partial charge in [-0.15, -0.1) is 0 Å². The molecule has 0 aromatic heterocycles.